The third-order valence-electron chi connectivity index (χ3n) is 3.90. The molecule has 5 heteroatoms. The summed E-state index contributed by atoms with van der Waals surface area (Å²) in [6.07, 6.45) is 2.19. The van der Waals surface area contributed by atoms with Crippen molar-refractivity contribution < 1.29 is 13.2 Å². The molecule has 18 heavy (non-hydrogen) atoms. The zero-order valence-electron chi connectivity index (χ0n) is 9.93. The lowest BCUT2D eigenvalue weighted by atomic mass is 9.92. The van der Waals surface area contributed by atoms with Crippen LogP contribution < -0.4 is 5.32 Å². The molecule has 2 bridgehead atoms. The molecule has 3 aliphatic rings. The monoisotopic (exact) mass is 256 g/mol. The lowest BCUT2D eigenvalue weighted by Crippen LogP contribution is -2.60. The number of piperidine rings is 2. The maximum atomic E-state index is 13.6. The molecule has 0 saturated carbocycles. The molecule has 1 aromatic rings. The van der Waals surface area contributed by atoms with Crippen LogP contribution in [-0.2, 0) is 6.54 Å². The third-order valence-corrected chi connectivity index (χ3v) is 3.90. The number of piperazine rings is 1. The number of hydrogen-bond donors (Lipinski definition) is 1. The van der Waals surface area contributed by atoms with E-state index in [9.17, 15) is 13.2 Å². The van der Waals surface area contributed by atoms with Crippen LogP contribution in [0.25, 0.3) is 0 Å². The average Bonchev–Trinajstić information content (AvgIpc) is 2.37. The SMILES string of the molecule is Fc1cc(F)c(F)c(CN2CC3CCC2CN3)c1. The smallest absolute Gasteiger partial charge is 0.163 e. The van der Waals surface area contributed by atoms with Gasteiger partial charge >= 0.3 is 0 Å². The van der Waals surface area contributed by atoms with Crippen molar-refractivity contribution in [3.05, 3.63) is 35.1 Å². The van der Waals surface area contributed by atoms with Crippen molar-refractivity contribution in [3.63, 3.8) is 0 Å². The Hall–Kier alpha value is -1.07. The molecule has 3 fully saturated rings. The molecule has 1 aromatic carbocycles. The highest BCUT2D eigenvalue weighted by atomic mass is 19.2. The van der Waals surface area contributed by atoms with Gasteiger partial charge in [-0.25, -0.2) is 13.2 Å². The maximum Gasteiger partial charge on any atom is 0.163 e. The molecule has 1 N–H and O–H groups in total. The molecule has 2 nitrogen and oxygen atoms in total. The lowest BCUT2D eigenvalue weighted by Gasteiger charge is -2.46. The second-order valence-electron chi connectivity index (χ2n) is 5.13. The number of halogens is 3. The van der Waals surface area contributed by atoms with E-state index in [1.54, 1.807) is 0 Å². The Labute approximate surface area is 104 Å². The van der Waals surface area contributed by atoms with Crippen LogP contribution in [0.4, 0.5) is 13.2 Å². The molecule has 3 aliphatic heterocycles. The number of hydrogen-bond acceptors (Lipinski definition) is 2. The number of nitrogens with one attached hydrogen (secondary N) is 1. The van der Waals surface area contributed by atoms with Gasteiger partial charge in [-0.1, -0.05) is 0 Å². The normalized spacial score (nSPS) is 27.7. The first-order valence-electron chi connectivity index (χ1n) is 6.24. The zero-order chi connectivity index (χ0) is 12.7. The molecule has 2 atom stereocenters. The Balaban J connectivity index is 1.80. The van der Waals surface area contributed by atoms with E-state index in [1.807, 2.05) is 0 Å². The van der Waals surface area contributed by atoms with Crippen molar-refractivity contribution >= 4 is 0 Å². The van der Waals surface area contributed by atoms with E-state index >= 15 is 0 Å². The second-order valence-corrected chi connectivity index (χ2v) is 5.13. The molecular weight excluding hydrogens is 241 g/mol. The number of benzene rings is 1. The Morgan fingerprint density at radius 1 is 1.22 bits per heavy atom. The number of fused-ring (bicyclic) bond motifs is 3. The van der Waals surface area contributed by atoms with Gasteiger partial charge in [-0.3, -0.25) is 4.90 Å². The number of nitrogens with zero attached hydrogens (tertiary/aromatic N) is 1. The van der Waals surface area contributed by atoms with E-state index in [4.69, 9.17) is 0 Å². The molecule has 0 aromatic heterocycles. The molecule has 0 aliphatic carbocycles. The maximum absolute atomic E-state index is 13.6. The van der Waals surface area contributed by atoms with Gasteiger partial charge in [0.15, 0.2) is 11.6 Å². The van der Waals surface area contributed by atoms with Crippen molar-refractivity contribution in [3.8, 4) is 0 Å². The van der Waals surface area contributed by atoms with Crippen molar-refractivity contribution in [1.82, 2.24) is 10.2 Å². The van der Waals surface area contributed by atoms with Gasteiger partial charge in [0.25, 0.3) is 0 Å². The summed E-state index contributed by atoms with van der Waals surface area (Å²) in [7, 11) is 0. The van der Waals surface area contributed by atoms with Gasteiger partial charge in [-0.2, -0.15) is 0 Å². The van der Waals surface area contributed by atoms with E-state index in [-0.39, 0.29) is 12.1 Å². The van der Waals surface area contributed by atoms with Crippen LogP contribution in [0.3, 0.4) is 0 Å². The van der Waals surface area contributed by atoms with Gasteiger partial charge < -0.3 is 5.32 Å². The highest BCUT2D eigenvalue weighted by Gasteiger charge is 2.33. The van der Waals surface area contributed by atoms with Gasteiger partial charge in [-0.05, 0) is 18.9 Å². The quantitative estimate of drug-likeness (QED) is 0.815. The first-order chi connectivity index (χ1) is 8.63. The van der Waals surface area contributed by atoms with Crippen LogP contribution in [0.5, 0.6) is 0 Å². The Morgan fingerprint density at radius 2 is 2.06 bits per heavy atom. The van der Waals surface area contributed by atoms with Crippen molar-refractivity contribution in [2.75, 3.05) is 13.1 Å². The van der Waals surface area contributed by atoms with Crippen molar-refractivity contribution in [1.29, 1.82) is 0 Å². The fraction of sp³-hybridized carbons (Fsp3) is 0.538. The van der Waals surface area contributed by atoms with Crippen LogP contribution in [0.15, 0.2) is 12.1 Å². The first kappa shape index (κ1) is 12.0. The number of rotatable bonds is 2. The second kappa shape index (κ2) is 4.55. The van der Waals surface area contributed by atoms with E-state index in [0.29, 0.717) is 18.2 Å². The van der Waals surface area contributed by atoms with Gasteiger partial charge in [0.2, 0.25) is 0 Å². The van der Waals surface area contributed by atoms with E-state index in [2.05, 4.69) is 10.2 Å². The standard InChI is InChI=1S/C13H15F3N2/c14-9-3-8(13(16)12(15)4-9)6-18-7-10-1-2-11(18)5-17-10/h3-4,10-11,17H,1-2,5-7H2. The molecule has 3 heterocycles. The lowest BCUT2D eigenvalue weighted by molar-refractivity contribution is 0.0673. The summed E-state index contributed by atoms with van der Waals surface area (Å²) in [5.41, 5.74) is 0.111. The summed E-state index contributed by atoms with van der Waals surface area (Å²) in [5, 5.41) is 3.39. The van der Waals surface area contributed by atoms with Crippen molar-refractivity contribution in [2.45, 2.75) is 31.5 Å². The van der Waals surface area contributed by atoms with Gasteiger partial charge in [0, 0.05) is 43.3 Å². The molecule has 0 spiro atoms. The van der Waals surface area contributed by atoms with E-state index in [1.165, 1.54) is 0 Å². The predicted molar refractivity (Wildman–Crippen MR) is 61.5 cm³/mol. The predicted octanol–water partition coefficient (Wildman–Crippen LogP) is 2.04. The minimum atomic E-state index is -1.11. The zero-order valence-corrected chi connectivity index (χ0v) is 9.93. The molecule has 0 amide bonds. The van der Waals surface area contributed by atoms with Crippen LogP contribution in [0.2, 0.25) is 0 Å². The summed E-state index contributed by atoms with van der Waals surface area (Å²) in [5.74, 6) is -2.75. The molecule has 2 unspecified atom stereocenters. The first-order valence-corrected chi connectivity index (χ1v) is 6.24. The Morgan fingerprint density at radius 3 is 2.67 bits per heavy atom. The fourth-order valence-corrected chi connectivity index (χ4v) is 2.94. The molecular formula is C13H15F3N2. The molecule has 98 valence electrons. The molecule has 0 radical (unpaired) electrons. The average molecular weight is 256 g/mol. The van der Waals surface area contributed by atoms with E-state index in [0.717, 1.165) is 32.0 Å². The highest BCUT2D eigenvalue weighted by molar-refractivity contribution is 5.20. The summed E-state index contributed by atoms with van der Waals surface area (Å²) >= 11 is 0. The van der Waals surface area contributed by atoms with Crippen LogP contribution in [0, 0.1) is 17.5 Å². The van der Waals surface area contributed by atoms with Crippen LogP contribution >= 0.6 is 0 Å². The topological polar surface area (TPSA) is 15.3 Å². The van der Waals surface area contributed by atoms with Crippen LogP contribution in [0.1, 0.15) is 18.4 Å². The molecule has 4 rings (SSSR count). The largest absolute Gasteiger partial charge is 0.311 e. The Kier molecular flexibility index (Phi) is 3.03. The summed E-state index contributed by atoms with van der Waals surface area (Å²) in [4.78, 5) is 2.11. The van der Waals surface area contributed by atoms with Gasteiger partial charge in [0.05, 0.1) is 0 Å². The molecule has 3 saturated heterocycles. The summed E-state index contributed by atoms with van der Waals surface area (Å²) < 4.78 is 39.8. The van der Waals surface area contributed by atoms with Gasteiger partial charge in [-0.15, -0.1) is 0 Å². The van der Waals surface area contributed by atoms with E-state index < -0.39 is 17.5 Å². The minimum Gasteiger partial charge on any atom is -0.311 e. The summed E-state index contributed by atoms with van der Waals surface area (Å²) in [6.45, 7) is 1.98. The Bertz CT molecular complexity index is 456. The van der Waals surface area contributed by atoms with Crippen molar-refractivity contribution in [2.24, 2.45) is 0 Å². The van der Waals surface area contributed by atoms with Crippen LogP contribution in [-0.4, -0.2) is 30.1 Å². The summed E-state index contributed by atoms with van der Waals surface area (Å²) in [6, 6.07) is 2.45. The highest BCUT2D eigenvalue weighted by Crippen LogP contribution is 2.25. The minimum absolute atomic E-state index is 0.111. The fourth-order valence-electron chi connectivity index (χ4n) is 2.94. The van der Waals surface area contributed by atoms with Gasteiger partial charge in [0.1, 0.15) is 5.82 Å². The third kappa shape index (κ3) is 2.12.